The summed E-state index contributed by atoms with van der Waals surface area (Å²) in [5, 5.41) is 0. The molecule has 0 N–H and O–H groups in total. The Bertz CT molecular complexity index is 892. The van der Waals surface area contributed by atoms with Gasteiger partial charge in [0.15, 0.2) is 23.3 Å². The monoisotopic (exact) mass is 321 g/mol. The van der Waals surface area contributed by atoms with E-state index in [0.29, 0.717) is 0 Å². The van der Waals surface area contributed by atoms with Crippen LogP contribution in [0, 0.1) is 29.1 Å². The number of hydrogen-bond acceptors (Lipinski definition) is 1. The van der Waals surface area contributed by atoms with Crippen LogP contribution in [0.1, 0.15) is 0 Å². The predicted molar refractivity (Wildman–Crippen MR) is 74.9 cm³/mol. The van der Waals surface area contributed by atoms with Gasteiger partial charge >= 0.3 is 0 Å². The highest BCUT2D eigenvalue weighted by Gasteiger charge is 2.19. The lowest BCUT2D eigenvalue weighted by atomic mass is 9.98. The van der Waals surface area contributed by atoms with E-state index >= 15 is 0 Å². The lowest BCUT2D eigenvalue weighted by Crippen LogP contribution is -1.98. The Hall–Kier alpha value is -2.76. The first-order valence-corrected chi connectivity index (χ1v) is 6.53. The van der Waals surface area contributed by atoms with Crippen molar-refractivity contribution in [1.82, 2.24) is 4.98 Å². The van der Waals surface area contributed by atoms with Gasteiger partial charge in [-0.05, 0) is 24.3 Å². The van der Waals surface area contributed by atoms with Gasteiger partial charge in [0.05, 0.1) is 11.9 Å². The SMILES string of the molecule is Fc1cnc(-c2cccc(F)c2F)c(-c2cccc(F)c2F)c1. The summed E-state index contributed by atoms with van der Waals surface area (Å²) in [6.45, 7) is 0. The topological polar surface area (TPSA) is 12.9 Å². The Morgan fingerprint density at radius 1 is 0.652 bits per heavy atom. The Morgan fingerprint density at radius 3 is 1.87 bits per heavy atom. The second-order valence-corrected chi connectivity index (χ2v) is 4.75. The van der Waals surface area contributed by atoms with E-state index in [1.54, 1.807) is 0 Å². The predicted octanol–water partition coefficient (Wildman–Crippen LogP) is 5.11. The summed E-state index contributed by atoms with van der Waals surface area (Å²) < 4.78 is 68.3. The van der Waals surface area contributed by atoms with Crippen LogP contribution in [-0.2, 0) is 0 Å². The molecule has 0 spiro atoms. The summed E-state index contributed by atoms with van der Waals surface area (Å²) >= 11 is 0. The van der Waals surface area contributed by atoms with Crippen LogP contribution in [0.15, 0.2) is 48.7 Å². The lowest BCUT2D eigenvalue weighted by Gasteiger charge is -2.11. The van der Waals surface area contributed by atoms with Crippen LogP contribution in [-0.4, -0.2) is 4.98 Å². The maximum Gasteiger partial charge on any atom is 0.168 e. The number of halogens is 5. The first-order chi connectivity index (χ1) is 11.0. The zero-order valence-corrected chi connectivity index (χ0v) is 11.5. The van der Waals surface area contributed by atoms with E-state index < -0.39 is 29.1 Å². The van der Waals surface area contributed by atoms with Crippen LogP contribution in [0.3, 0.4) is 0 Å². The first kappa shape index (κ1) is 15.1. The van der Waals surface area contributed by atoms with Crippen molar-refractivity contribution in [2.24, 2.45) is 0 Å². The fraction of sp³-hybridized carbons (Fsp3) is 0. The maximum absolute atomic E-state index is 14.0. The molecule has 0 unspecified atom stereocenters. The molecule has 2 aromatic carbocycles. The van der Waals surface area contributed by atoms with Gasteiger partial charge in [-0.2, -0.15) is 0 Å². The van der Waals surface area contributed by atoms with E-state index in [2.05, 4.69) is 4.98 Å². The Kier molecular flexibility index (Phi) is 3.82. The number of benzene rings is 2. The number of hydrogen-bond donors (Lipinski definition) is 0. The molecule has 6 heteroatoms. The molecule has 116 valence electrons. The lowest BCUT2D eigenvalue weighted by molar-refractivity contribution is 0.510. The van der Waals surface area contributed by atoms with E-state index in [1.165, 1.54) is 24.3 Å². The van der Waals surface area contributed by atoms with Gasteiger partial charge in [-0.3, -0.25) is 4.98 Å². The highest BCUT2D eigenvalue weighted by Crippen LogP contribution is 2.34. The molecule has 0 amide bonds. The van der Waals surface area contributed by atoms with E-state index in [1.807, 2.05) is 0 Å². The number of aromatic nitrogens is 1. The molecule has 0 bridgehead atoms. The minimum Gasteiger partial charge on any atom is -0.252 e. The summed E-state index contributed by atoms with van der Waals surface area (Å²) in [6.07, 6.45) is 0.792. The standard InChI is InChI=1S/C17H8F5N/c18-9-7-12(10-3-1-5-13(19)15(10)21)17(23-8-9)11-4-2-6-14(20)16(11)22/h1-8H. The third-order valence-electron chi connectivity index (χ3n) is 3.30. The van der Waals surface area contributed by atoms with Gasteiger partial charge in [-0.1, -0.05) is 18.2 Å². The Morgan fingerprint density at radius 2 is 1.22 bits per heavy atom. The normalized spacial score (nSPS) is 10.8. The average molecular weight is 321 g/mol. The Labute approximate surface area is 128 Å². The molecule has 0 atom stereocenters. The zero-order chi connectivity index (χ0) is 16.6. The quantitative estimate of drug-likeness (QED) is 0.598. The molecule has 1 heterocycles. The second-order valence-electron chi connectivity index (χ2n) is 4.75. The third kappa shape index (κ3) is 2.67. The first-order valence-electron chi connectivity index (χ1n) is 6.53. The minimum absolute atomic E-state index is 0.175. The molecular formula is C17H8F5N. The van der Waals surface area contributed by atoms with Crippen LogP contribution in [0.4, 0.5) is 22.0 Å². The van der Waals surface area contributed by atoms with Crippen LogP contribution < -0.4 is 0 Å². The van der Waals surface area contributed by atoms with E-state index in [9.17, 15) is 22.0 Å². The van der Waals surface area contributed by atoms with Crippen LogP contribution in [0.25, 0.3) is 22.4 Å². The second kappa shape index (κ2) is 5.79. The highest BCUT2D eigenvalue weighted by molar-refractivity contribution is 5.81. The summed E-state index contributed by atoms with van der Waals surface area (Å²) in [5.41, 5.74) is -0.932. The van der Waals surface area contributed by atoms with Gasteiger partial charge in [0.25, 0.3) is 0 Å². The molecule has 1 aromatic heterocycles. The van der Waals surface area contributed by atoms with Crippen molar-refractivity contribution in [1.29, 1.82) is 0 Å². The van der Waals surface area contributed by atoms with Gasteiger partial charge < -0.3 is 0 Å². The summed E-state index contributed by atoms with van der Waals surface area (Å²) in [6, 6.07) is 7.59. The summed E-state index contributed by atoms with van der Waals surface area (Å²) in [7, 11) is 0. The molecule has 3 rings (SSSR count). The van der Waals surface area contributed by atoms with Crippen LogP contribution in [0.2, 0.25) is 0 Å². The molecule has 0 aliphatic heterocycles. The molecule has 23 heavy (non-hydrogen) atoms. The van der Waals surface area contributed by atoms with Gasteiger partial charge in [0, 0.05) is 16.7 Å². The molecule has 0 radical (unpaired) electrons. The number of nitrogens with zero attached hydrogens (tertiary/aromatic N) is 1. The summed E-state index contributed by atoms with van der Waals surface area (Å²) in [5.74, 6) is -5.51. The molecular weight excluding hydrogens is 313 g/mol. The van der Waals surface area contributed by atoms with Crippen molar-refractivity contribution in [3.8, 4) is 22.4 Å². The van der Waals surface area contributed by atoms with E-state index in [-0.39, 0.29) is 22.4 Å². The van der Waals surface area contributed by atoms with Crippen molar-refractivity contribution >= 4 is 0 Å². The fourth-order valence-electron chi connectivity index (χ4n) is 2.26. The van der Waals surface area contributed by atoms with Crippen molar-refractivity contribution in [2.75, 3.05) is 0 Å². The van der Waals surface area contributed by atoms with E-state index in [0.717, 1.165) is 24.4 Å². The van der Waals surface area contributed by atoms with E-state index in [4.69, 9.17) is 0 Å². The molecule has 0 aliphatic carbocycles. The molecule has 0 saturated carbocycles. The average Bonchev–Trinajstić information content (AvgIpc) is 2.53. The van der Waals surface area contributed by atoms with Crippen LogP contribution in [0.5, 0.6) is 0 Å². The molecule has 3 aromatic rings. The molecule has 1 nitrogen and oxygen atoms in total. The Balaban J connectivity index is 2.32. The van der Waals surface area contributed by atoms with Gasteiger partial charge in [-0.25, -0.2) is 22.0 Å². The summed E-state index contributed by atoms with van der Waals surface area (Å²) in [4.78, 5) is 3.73. The van der Waals surface area contributed by atoms with Crippen molar-refractivity contribution < 1.29 is 22.0 Å². The smallest absolute Gasteiger partial charge is 0.168 e. The largest absolute Gasteiger partial charge is 0.252 e. The fourth-order valence-corrected chi connectivity index (χ4v) is 2.26. The van der Waals surface area contributed by atoms with Gasteiger partial charge in [0.1, 0.15) is 5.82 Å². The zero-order valence-electron chi connectivity index (χ0n) is 11.5. The molecule has 0 saturated heterocycles. The highest BCUT2D eigenvalue weighted by atomic mass is 19.2. The number of rotatable bonds is 2. The van der Waals surface area contributed by atoms with Crippen molar-refractivity contribution in [3.63, 3.8) is 0 Å². The third-order valence-corrected chi connectivity index (χ3v) is 3.30. The molecule has 0 fully saturated rings. The van der Waals surface area contributed by atoms with Gasteiger partial charge in [-0.15, -0.1) is 0 Å². The maximum atomic E-state index is 14.0. The van der Waals surface area contributed by atoms with Crippen molar-refractivity contribution in [3.05, 3.63) is 77.7 Å². The molecule has 0 aliphatic rings. The number of pyridine rings is 1. The van der Waals surface area contributed by atoms with Crippen LogP contribution >= 0.6 is 0 Å². The van der Waals surface area contributed by atoms with Crippen molar-refractivity contribution in [2.45, 2.75) is 0 Å². The van der Waals surface area contributed by atoms with Gasteiger partial charge in [0.2, 0.25) is 0 Å². The minimum atomic E-state index is -1.22.